The minimum atomic E-state index is -3.12. The van der Waals surface area contributed by atoms with Crippen LogP contribution >= 0.6 is 0 Å². The molecule has 1 saturated heterocycles. The van der Waals surface area contributed by atoms with Gasteiger partial charge in [0.1, 0.15) is 5.75 Å². The lowest BCUT2D eigenvalue weighted by Gasteiger charge is -2.48. The summed E-state index contributed by atoms with van der Waals surface area (Å²) in [5, 5.41) is 1.23. The van der Waals surface area contributed by atoms with Crippen LogP contribution in [0.15, 0.2) is 35.7 Å². The van der Waals surface area contributed by atoms with E-state index in [0.717, 1.165) is 11.4 Å². The van der Waals surface area contributed by atoms with Gasteiger partial charge in [-0.3, -0.25) is 4.79 Å². The van der Waals surface area contributed by atoms with Crippen LogP contribution in [0, 0.1) is 5.92 Å². The van der Waals surface area contributed by atoms with Crippen molar-refractivity contribution in [1.82, 2.24) is 4.90 Å². The highest BCUT2D eigenvalue weighted by Gasteiger charge is 2.37. The van der Waals surface area contributed by atoms with E-state index in [1.807, 2.05) is 29.2 Å². The van der Waals surface area contributed by atoms with Crippen LogP contribution in [0.1, 0.15) is 20.3 Å². The van der Waals surface area contributed by atoms with Gasteiger partial charge >= 0.3 is 0 Å². The zero-order valence-corrected chi connectivity index (χ0v) is 16.3. The van der Waals surface area contributed by atoms with E-state index in [-0.39, 0.29) is 29.5 Å². The molecule has 0 aliphatic carbocycles. The van der Waals surface area contributed by atoms with Crippen molar-refractivity contribution in [3.8, 4) is 5.75 Å². The SMILES string of the molecule is COc1ccccc1N1CCN(C(=O)C[C@@H]2C=CS(=O)(=O)C2)CC1(C)C. The first-order valence-electron chi connectivity index (χ1n) is 8.81. The summed E-state index contributed by atoms with van der Waals surface area (Å²) in [6, 6.07) is 7.90. The standard InChI is InChI=1S/C19H26N2O4S/c1-19(2)14-20(18(22)12-15-8-11-26(23,24)13-15)9-10-21(19)16-6-4-5-7-17(16)25-3/h4-8,11,15H,9-10,12-14H2,1-3H3/t15-/m0/s1. The minimum Gasteiger partial charge on any atom is -0.495 e. The fourth-order valence-corrected chi connectivity index (χ4v) is 5.19. The molecule has 1 fully saturated rings. The first kappa shape index (κ1) is 18.8. The molecule has 3 rings (SSSR count). The average molecular weight is 378 g/mol. The van der Waals surface area contributed by atoms with Crippen LogP contribution in [-0.2, 0) is 14.6 Å². The minimum absolute atomic E-state index is 0.0181. The summed E-state index contributed by atoms with van der Waals surface area (Å²) in [6.07, 6.45) is 1.89. The van der Waals surface area contributed by atoms with Crippen LogP contribution in [0.3, 0.4) is 0 Å². The zero-order valence-electron chi connectivity index (χ0n) is 15.5. The van der Waals surface area contributed by atoms with Gasteiger partial charge in [-0.25, -0.2) is 8.42 Å². The van der Waals surface area contributed by atoms with Gasteiger partial charge in [-0.2, -0.15) is 0 Å². The molecule has 2 aliphatic heterocycles. The Labute approximate surface area is 155 Å². The molecular formula is C19H26N2O4S. The number of piperazine rings is 1. The van der Waals surface area contributed by atoms with Gasteiger partial charge in [0.2, 0.25) is 5.91 Å². The van der Waals surface area contributed by atoms with E-state index in [2.05, 4.69) is 18.7 Å². The number of sulfone groups is 1. The molecule has 0 unspecified atom stereocenters. The van der Waals surface area contributed by atoms with Crippen molar-refractivity contribution >= 4 is 21.4 Å². The maximum Gasteiger partial charge on any atom is 0.223 e. The molecule has 6 nitrogen and oxygen atoms in total. The van der Waals surface area contributed by atoms with Gasteiger partial charge in [0, 0.05) is 37.4 Å². The summed E-state index contributed by atoms with van der Waals surface area (Å²) in [5.41, 5.74) is 0.775. The number of nitrogens with zero attached hydrogens (tertiary/aromatic N) is 2. The predicted octanol–water partition coefficient (Wildman–Crippen LogP) is 2.07. The second-order valence-corrected chi connectivity index (χ2v) is 9.50. The molecule has 0 spiro atoms. The molecule has 7 heteroatoms. The Kier molecular flexibility index (Phi) is 5.01. The molecule has 0 saturated carbocycles. The number of methoxy groups -OCH3 is 1. The normalized spacial score (nSPS) is 23.9. The van der Waals surface area contributed by atoms with E-state index in [1.54, 1.807) is 13.2 Å². The number of carbonyl (C=O) groups is 1. The first-order chi connectivity index (χ1) is 12.2. The Morgan fingerprint density at radius 3 is 2.62 bits per heavy atom. The van der Waals surface area contributed by atoms with E-state index < -0.39 is 9.84 Å². The van der Waals surface area contributed by atoms with Crippen molar-refractivity contribution in [3.63, 3.8) is 0 Å². The molecule has 26 heavy (non-hydrogen) atoms. The van der Waals surface area contributed by atoms with Crippen molar-refractivity contribution in [3.05, 3.63) is 35.7 Å². The molecule has 0 N–H and O–H groups in total. The summed E-state index contributed by atoms with van der Waals surface area (Å²) in [5.74, 6) is 0.678. The summed E-state index contributed by atoms with van der Waals surface area (Å²) < 4.78 is 28.6. The number of hydrogen-bond acceptors (Lipinski definition) is 5. The smallest absolute Gasteiger partial charge is 0.223 e. The third kappa shape index (κ3) is 3.87. The molecular weight excluding hydrogens is 352 g/mol. The third-order valence-electron chi connectivity index (χ3n) is 5.07. The zero-order chi connectivity index (χ0) is 18.9. The number of para-hydroxylation sites is 2. The Balaban J connectivity index is 1.68. The Bertz CT molecular complexity index is 817. The summed E-state index contributed by atoms with van der Waals surface area (Å²) >= 11 is 0. The van der Waals surface area contributed by atoms with E-state index >= 15 is 0 Å². The molecule has 1 amide bonds. The largest absolute Gasteiger partial charge is 0.495 e. The van der Waals surface area contributed by atoms with E-state index in [1.165, 1.54) is 5.41 Å². The molecule has 142 valence electrons. The number of rotatable bonds is 4. The molecule has 2 heterocycles. The van der Waals surface area contributed by atoms with Crippen molar-refractivity contribution in [1.29, 1.82) is 0 Å². The highest BCUT2D eigenvalue weighted by atomic mass is 32.2. The van der Waals surface area contributed by atoms with Gasteiger partial charge < -0.3 is 14.5 Å². The average Bonchev–Trinajstić information content (AvgIpc) is 2.92. The third-order valence-corrected chi connectivity index (χ3v) is 6.54. The van der Waals surface area contributed by atoms with Gasteiger partial charge in [0.05, 0.1) is 24.1 Å². The van der Waals surface area contributed by atoms with Crippen LogP contribution in [-0.4, -0.2) is 57.3 Å². The topological polar surface area (TPSA) is 66.9 Å². The maximum atomic E-state index is 12.7. The molecule has 1 aromatic rings. The molecule has 0 bridgehead atoms. The number of ether oxygens (including phenoxy) is 1. The maximum absolute atomic E-state index is 12.7. The quantitative estimate of drug-likeness (QED) is 0.802. The van der Waals surface area contributed by atoms with Crippen LogP contribution < -0.4 is 9.64 Å². The fourth-order valence-electron chi connectivity index (χ4n) is 3.79. The summed E-state index contributed by atoms with van der Waals surface area (Å²) in [6.45, 7) is 6.13. The van der Waals surface area contributed by atoms with Crippen molar-refractivity contribution in [2.75, 3.05) is 37.4 Å². The Hall–Kier alpha value is -2.02. The lowest BCUT2D eigenvalue weighted by atomic mass is 9.96. The number of allylic oxidation sites excluding steroid dienone is 1. The number of benzene rings is 1. The van der Waals surface area contributed by atoms with Crippen LogP contribution in [0.5, 0.6) is 5.75 Å². The van der Waals surface area contributed by atoms with Crippen LogP contribution in [0.2, 0.25) is 0 Å². The molecule has 1 aromatic carbocycles. The molecule has 1 atom stereocenters. The summed E-state index contributed by atoms with van der Waals surface area (Å²) in [4.78, 5) is 16.8. The Morgan fingerprint density at radius 2 is 2.00 bits per heavy atom. The van der Waals surface area contributed by atoms with Crippen molar-refractivity contribution in [2.24, 2.45) is 5.92 Å². The van der Waals surface area contributed by atoms with Crippen LogP contribution in [0.25, 0.3) is 0 Å². The van der Waals surface area contributed by atoms with Gasteiger partial charge in [0.25, 0.3) is 0 Å². The van der Waals surface area contributed by atoms with Crippen molar-refractivity contribution < 1.29 is 17.9 Å². The summed E-state index contributed by atoms with van der Waals surface area (Å²) in [7, 11) is -1.46. The van der Waals surface area contributed by atoms with Gasteiger partial charge in [-0.1, -0.05) is 18.2 Å². The monoisotopic (exact) mass is 378 g/mol. The highest BCUT2D eigenvalue weighted by Crippen LogP contribution is 2.35. The first-order valence-corrected chi connectivity index (χ1v) is 10.5. The lowest BCUT2D eigenvalue weighted by Crippen LogP contribution is -2.60. The van der Waals surface area contributed by atoms with Gasteiger partial charge in [-0.15, -0.1) is 0 Å². The number of carbonyl (C=O) groups excluding carboxylic acids is 1. The van der Waals surface area contributed by atoms with E-state index in [4.69, 9.17) is 4.74 Å². The van der Waals surface area contributed by atoms with Crippen LogP contribution in [0.4, 0.5) is 5.69 Å². The van der Waals surface area contributed by atoms with Crippen molar-refractivity contribution in [2.45, 2.75) is 25.8 Å². The fraction of sp³-hybridized carbons (Fsp3) is 0.526. The lowest BCUT2D eigenvalue weighted by molar-refractivity contribution is -0.133. The second kappa shape index (κ2) is 6.95. The van der Waals surface area contributed by atoms with Gasteiger partial charge in [0.15, 0.2) is 9.84 Å². The second-order valence-electron chi connectivity index (χ2n) is 7.57. The highest BCUT2D eigenvalue weighted by molar-refractivity contribution is 7.94. The van der Waals surface area contributed by atoms with E-state index in [9.17, 15) is 13.2 Å². The Morgan fingerprint density at radius 1 is 1.27 bits per heavy atom. The number of amides is 1. The van der Waals surface area contributed by atoms with Gasteiger partial charge in [-0.05, 0) is 26.0 Å². The number of hydrogen-bond donors (Lipinski definition) is 0. The predicted molar refractivity (Wildman–Crippen MR) is 102 cm³/mol. The molecule has 0 aromatic heterocycles. The van der Waals surface area contributed by atoms with E-state index in [0.29, 0.717) is 19.6 Å². The molecule has 2 aliphatic rings. The molecule has 0 radical (unpaired) electrons. The number of anilines is 1.